The van der Waals surface area contributed by atoms with Gasteiger partial charge in [0.1, 0.15) is 10.6 Å². The Balaban J connectivity index is 2.28. The molecule has 2 heterocycles. The predicted octanol–water partition coefficient (Wildman–Crippen LogP) is 0.451. The van der Waals surface area contributed by atoms with Gasteiger partial charge in [-0.05, 0) is 12.5 Å². The van der Waals surface area contributed by atoms with Gasteiger partial charge in [0.25, 0.3) is 0 Å². The van der Waals surface area contributed by atoms with E-state index < -0.39 is 40.9 Å². The summed E-state index contributed by atoms with van der Waals surface area (Å²) in [6.07, 6.45) is -2.23. The van der Waals surface area contributed by atoms with Crippen LogP contribution < -0.4 is 5.32 Å². The highest BCUT2D eigenvalue weighted by Gasteiger charge is 2.54. The Labute approximate surface area is 134 Å². The second-order valence-corrected chi connectivity index (χ2v) is 6.80. The van der Waals surface area contributed by atoms with Gasteiger partial charge in [-0.15, -0.1) is 0 Å². The second kappa shape index (κ2) is 6.39. The number of ether oxygens (including phenoxy) is 2. The van der Waals surface area contributed by atoms with E-state index in [1.165, 1.54) is 12.0 Å². The van der Waals surface area contributed by atoms with Gasteiger partial charge < -0.3 is 14.6 Å². The molecule has 122 valence electrons. The number of amides is 3. The zero-order valence-electron chi connectivity index (χ0n) is 12.0. The molecular formula is C11H16BrN5O5. The first kappa shape index (κ1) is 17.0. The largest absolute Gasteiger partial charge is 0.394 e. The van der Waals surface area contributed by atoms with Crippen molar-refractivity contribution in [3.05, 3.63) is 10.4 Å². The lowest BCUT2D eigenvalue weighted by Crippen LogP contribution is -2.69. The topological polar surface area (TPSA) is 137 Å². The van der Waals surface area contributed by atoms with E-state index in [1.807, 2.05) is 0 Å². The molecule has 0 aromatic rings. The quantitative estimate of drug-likeness (QED) is 0.317. The van der Waals surface area contributed by atoms with Gasteiger partial charge >= 0.3 is 6.03 Å². The van der Waals surface area contributed by atoms with Gasteiger partial charge in [-0.2, -0.15) is 0 Å². The van der Waals surface area contributed by atoms with E-state index in [0.29, 0.717) is 0 Å². The molecule has 0 aliphatic carbocycles. The number of aliphatic hydroxyl groups is 1. The summed E-state index contributed by atoms with van der Waals surface area (Å²) < 4.78 is 9.71. The molecule has 2 rings (SSSR count). The number of nitrogens with one attached hydrogen (secondary N) is 1. The lowest BCUT2D eigenvalue weighted by molar-refractivity contribution is -0.153. The Kier molecular flexibility index (Phi) is 4.93. The molecule has 0 bridgehead atoms. The van der Waals surface area contributed by atoms with Gasteiger partial charge in [0.2, 0.25) is 5.91 Å². The smallest absolute Gasteiger partial charge is 0.328 e. The van der Waals surface area contributed by atoms with Gasteiger partial charge in [0.15, 0.2) is 6.23 Å². The number of carbonyl (C=O) groups is 2. The predicted molar refractivity (Wildman–Crippen MR) is 76.8 cm³/mol. The highest BCUT2D eigenvalue weighted by Crippen LogP contribution is 2.35. The fraction of sp³-hybridized carbons (Fsp3) is 0.818. The molecule has 0 radical (unpaired) electrons. The molecule has 2 saturated heterocycles. The first-order chi connectivity index (χ1) is 10.4. The van der Waals surface area contributed by atoms with Crippen LogP contribution in [0.5, 0.6) is 0 Å². The molecule has 0 spiro atoms. The van der Waals surface area contributed by atoms with Gasteiger partial charge in [0, 0.05) is 18.4 Å². The van der Waals surface area contributed by atoms with Crippen LogP contribution in [0.4, 0.5) is 4.79 Å². The van der Waals surface area contributed by atoms with Crippen molar-refractivity contribution in [1.82, 2.24) is 10.2 Å². The summed E-state index contributed by atoms with van der Waals surface area (Å²) in [6, 6.07) is -1.28. The highest BCUT2D eigenvalue weighted by atomic mass is 79.9. The third-order valence-corrected chi connectivity index (χ3v) is 4.48. The number of nitrogens with zero attached hydrogens (tertiary/aromatic N) is 4. The molecule has 0 aromatic carbocycles. The number of azide groups is 1. The van der Waals surface area contributed by atoms with Crippen molar-refractivity contribution < 1.29 is 24.2 Å². The van der Waals surface area contributed by atoms with Crippen molar-refractivity contribution >= 4 is 27.9 Å². The number of imide groups is 1. The van der Waals surface area contributed by atoms with E-state index in [1.54, 1.807) is 6.92 Å². The number of halogens is 1. The molecule has 5 atom stereocenters. The first-order valence-corrected chi connectivity index (χ1v) is 7.32. The number of carbonyl (C=O) groups excluding carboxylic acids is 2. The molecule has 0 aromatic heterocycles. The van der Waals surface area contributed by atoms with Crippen molar-refractivity contribution in [2.24, 2.45) is 5.11 Å². The lowest BCUT2D eigenvalue weighted by atomic mass is 10.0. The van der Waals surface area contributed by atoms with Gasteiger partial charge in [-0.25, -0.2) is 4.79 Å². The van der Waals surface area contributed by atoms with Gasteiger partial charge in [-0.3, -0.25) is 15.0 Å². The molecule has 2 aliphatic heterocycles. The fourth-order valence-corrected chi connectivity index (χ4v) is 3.13. The second-order valence-electron chi connectivity index (χ2n) is 5.15. The van der Waals surface area contributed by atoms with Crippen LogP contribution in [0.2, 0.25) is 0 Å². The number of alkyl halides is 1. The van der Waals surface area contributed by atoms with Crippen LogP contribution in [0.3, 0.4) is 0 Å². The Morgan fingerprint density at radius 2 is 2.36 bits per heavy atom. The molecule has 2 unspecified atom stereocenters. The zero-order chi connectivity index (χ0) is 16.5. The van der Waals surface area contributed by atoms with Crippen LogP contribution in [0.15, 0.2) is 5.11 Å². The van der Waals surface area contributed by atoms with E-state index >= 15 is 0 Å². The van der Waals surface area contributed by atoms with Gasteiger partial charge in [-0.1, -0.05) is 21.0 Å². The van der Waals surface area contributed by atoms with Crippen LogP contribution in [0, 0.1) is 0 Å². The maximum atomic E-state index is 12.2. The molecule has 11 heteroatoms. The summed E-state index contributed by atoms with van der Waals surface area (Å²) >= 11 is 3.26. The lowest BCUT2D eigenvalue weighted by Gasteiger charge is -2.44. The number of hydrogen-bond donors (Lipinski definition) is 2. The summed E-state index contributed by atoms with van der Waals surface area (Å²) in [5, 5.41) is 15.1. The molecule has 2 aliphatic rings. The van der Waals surface area contributed by atoms with Crippen molar-refractivity contribution in [2.75, 3.05) is 13.7 Å². The molecule has 22 heavy (non-hydrogen) atoms. The number of rotatable bonds is 4. The number of aliphatic hydroxyl groups excluding tert-OH is 1. The number of urea groups is 1. The van der Waals surface area contributed by atoms with Crippen LogP contribution in [0.1, 0.15) is 13.3 Å². The molecule has 2 fully saturated rings. The molecule has 2 N–H and O–H groups in total. The van der Waals surface area contributed by atoms with E-state index in [0.717, 1.165) is 0 Å². The van der Waals surface area contributed by atoms with E-state index in [2.05, 4.69) is 31.3 Å². The minimum Gasteiger partial charge on any atom is -0.394 e. The summed E-state index contributed by atoms with van der Waals surface area (Å²) in [4.78, 5) is 28.0. The third kappa shape index (κ3) is 2.77. The first-order valence-electron chi connectivity index (χ1n) is 6.52. The summed E-state index contributed by atoms with van der Waals surface area (Å²) in [7, 11) is 1.37. The Bertz CT molecular complexity index is 523. The van der Waals surface area contributed by atoms with Crippen LogP contribution in [-0.2, 0) is 14.3 Å². The minimum atomic E-state index is -1.16. The van der Waals surface area contributed by atoms with Crippen LogP contribution in [0.25, 0.3) is 10.4 Å². The van der Waals surface area contributed by atoms with Crippen LogP contribution in [-0.4, -0.2) is 64.6 Å². The average molecular weight is 378 g/mol. The van der Waals surface area contributed by atoms with E-state index in [4.69, 9.17) is 15.0 Å². The van der Waals surface area contributed by atoms with Crippen molar-refractivity contribution in [2.45, 2.75) is 42.3 Å². The Hall–Kier alpha value is -1.39. The molecule has 0 saturated carbocycles. The minimum absolute atomic E-state index is 0.194. The van der Waals surface area contributed by atoms with Gasteiger partial charge in [0.05, 0.1) is 18.8 Å². The van der Waals surface area contributed by atoms with Crippen LogP contribution >= 0.6 is 15.9 Å². The Morgan fingerprint density at radius 3 is 2.91 bits per heavy atom. The Morgan fingerprint density at radius 1 is 1.68 bits per heavy atom. The van der Waals surface area contributed by atoms with Crippen molar-refractivity contribution in [3.63, 3.8) is 0 Å². The SMILES string of the molecule is COC1N([C@H]2C[C@H](N=[N+]=[N-])[C@@H](CO)O2)C(=O)NC(=O)C1(C)Br. The summed E-state index contributed by atoms with van der Waals surface area (Å²) in [5.41, 5.74) is 8.56. The number of hydrogen-bond acceptors (Lipinski definition) is 6. The zero-order valence-corrected chi connectivity index (χ0v) is 13.6. The normalized spacial score (nSPS) is 38.6. The number of methoxy groups -OCH3 is 1. The standard InChI is InChI=1S/C11H16BrN5O5/c1-11(12)8(19)14-10(20)17(9(11)21-2)7-3-5(15-16-13)6(4-18)22-7/h5-7,9,18H,3-4H2,1-2H3,(H,14,19,20)/t5-,6+,7+,9?,11?/m0/s1. The summed E-state index contributed by atoms with van der Waals surface area (Å²) in [6.45, 7) is 1.22. The molecule has 10 nitrogen and oxygen atoms in total. The third-order valence-electron chi connectivity index (χ3n) is 3.73. The molecular weight excluding hydrogens is 362 g/mol. The fourth-order valence-electron chi connectivity index (χ4n) is 2.62. The van der Waals surface area contributed by atoms with Crippen molar-refractivity contribution in [1.29, 1.82) is 0 Å². The average Bonchev–Trinajstić information content (AvgIpc) is 2.85. The maximum Gasteiger partial charge on any atom is 0.328 e. The van der Waals surface area contributed by atoms with E-state index in [-0.39, 0.29) is 13.0 Å². The summed E-state index contributed by atoms with van der Waals surface area (Å²) in [5.74, 6) is -0.524. The highest BCUT2D eigenvalue weighted by molar-refractivity contribution is 9.10. The monoisotopic (exact) mass is 377 g/mol. The molecule has 3 amide bonds. The van der Waals surface area contributed by atoms with Crippen molar-refractivity contribution in [3.8, 4) is 0 Å². The maximum absolute atomic E-state index is 12.2. The van der Waals surface area contributed by atoms with E-state index in [9.17, 15) is 14.7 Å².